The number of ether oxygens (including phenoxy) is 1. The van der Waals surface area contributed by atoms with E-state index in [0.29, 0.717) is 29.1 Å². The summed E-state index contributed by atoms with van der Waals surface area (Å²) in [5.74, 6) is 3.31. The fraction of sp³-hybridized carbons (Fsp3) is 0.700. The second-order valence-electron chi connectivity index (χ2n) is 11.5. The van der Waals surface area contributed by atoms with Crippen LogP contribution in [0.25, 0.3) is 0 Å². The van der Waals surface area contributed by atoms with Gasteiger partial charge < -0.3 is 4.74 Å². The molecule has 0 aromatic heterocycles. The van der Waals surface area contributed by atoms with Crippen LogP contribution in [0.3, 0.4) is 0 Å². The minimum atomic E-state index is -0.175. The molecule has 1 unspecified atom stereocenters. The van der Waals surface area contributed by atoms with Crippen LogP contribution in [0, 0.1) is 35.0 Å². The summed E-state index contributed by atoms with van der Waals surface area (Å²) in [6.07, 6.45) is 18.9. The average Bonchev–Trinajstić information content (AvgIpc) is 3.09. The highest BCUT2D eigenvalue weighted by Crippen LogP contribution is 2.59. The van der Waals surface area contributed by atoms with Crippen LogP contribution in [0.1, 0.15) is 92.9 Å². The van der Waals surface area contributed by atoms with Gasteiger partial charge in [0.25, 0.3) is 0 Å². The summed E-state index contributed by atoms with van der Waals surface area (Å²) >= 11 is 0. The van der Waals surface area contributed by atoms with Crippen molar-refractivity contribution in [3.8, 4) is 0 Å². The number of carbonyl (C=O) groups is 1. The molecule has 3 saturated carbocycles. The highest BCUT2D eigenvalue weighted by Gasteiger charge is 2.50. The molecule has 6 atom stereocenters. The van der Waals surface area contributed by atoms with Crippen LogP contribution in [0.15, 0.2) is 47.6 Å². The van der Waals surface area contributed by atoms with Gasteiger partial charge in [-0.25, -0.2) is 0 Å². The van der Waals surface area contributed by atoms with Crippen LogP contribution in [0.5, 0.6) is 0 Å². The number of hydrogen-bond donors (Lipinski definition) is 0. The van der Waals surface area contributed by atoms with Gasteiger partial charge in [-0.2, -0.15) is 0 Å². The van der Waals surface area contributed by atoms with E-state index in [1.165, 1.54) is 50.2 Å². The van der Waals surface area contributed by atoms with E-state index >= 15 is 0 Å². The van der Waals surface area contributed by atoms with Crippen LogP contribution in [-0.2, 0) is 9.53 Å². The molecule has 0 bridgehead atoms. The first kappa shape index (κ1) is 25.1. The van der Waals surface area contributed by atoms with E-state index in [9.17, 15) is 4.79 Å². The first-order chi connectivity index (χ1) is 15.1. The van der Waals surface area contributed by atoms with Gasteiger partial charge in [-0.05, 0) is 85.5 Å². The summed E-state index contributed by atoms with van der Waals surface area (Å²) in [6.45, 7) is 17.8. The number of allylic oxidation sites excluding steroid dienone is 6. The molecule has 2 heteroatoms. The third kappa shape index (κ3) is 5.67. The normalized spacial score (nSPS) is 35.5. The van der Waals surface area contributed by atoms with Crippen molar-refractivity contribution >= 4 is 5.97 Å². The van der Waals surface area contributed by atoms with Crippen molar-refractivity contribution < 1.29 is 9.53 Å². The van der Waals surface area contributed by atoms with Crippen molar-refractivity contribution in [1.82, 2.24) is 0 Å². The summed E-state index contributed by atoms with van der Waals surface area (Å²) in [5.41, 5.74) is 4.54. The van der Waals surface area contributed by atoms with Gasteiger partial charge in [-0.1, -0.05) is 76.6 Å². The Balaban J connectivity index is 1.74. The third-order valence-electron chi connectivity index (χ3n) is 8.94. The fourth-order valence-electron chi connectivity index (χ4n) is 6.57. The van der Waals surface area contributed by atoms with Gasteiger partial charge in [0.15, 0.2) is 0 Å². The standard InChI is InChI=1S/C30H46O2/c1-20(2)21(3)10-11-23(5)28-16-17-29-25(9-8-18-30(28,29)7)13-14-26-19-27(32-24(6)31)15-12-22(26)4/h10-11,13-14,20-21,23,27-29H,4,8-9,12,15-19H2,1-3,5-7H3/t21-,23+,27-,28+,29?,30+/m0/s1. The maximum Gasteiger partial charge on any atom is 0.302 e. The van der Waals surface area contributed by atoms with Crippen LogP contribution < -0.4 is 0 Å². The van der Waals surface area contributed by atoms with Crippen LogP contribution in [0.2, 0.25) is 0 Å². The highest BCUT2D eigenvalue weighted by atomic mass is 16.5. The molecule has 3 fully saturated rings. The number of rotatable bonds is 6. The number of hydrogen-bond acceptors (Lipinski definition) is 2. The van der Waals surface area contributed by atoms with Gasteiger partial charge >= 0.3 is 5.97 Å². The minimum Gasteiger partial charge on any atom is -0.462 e. The van der Waals surface area contributed by atoms with E-state index in [1.807, 2.05) is 0 Å². The Morgan fingerprint density at radius 2 is 1.84 bits per heavy atom. The number of esters is 1. The fourth-order valence-corrected chi connectivity index (χ4v) is 6.57. The van der Waals surface area contributed by atoms with E-state index in [4.69, 9.17) is 4.74 Å². The second-order valence-corrected chi connectivity index (χ2v) is 11.5. The summed E-state index contributed by atoms with van der Waals surface area (Å²) in [4.78, 5) is 11.4. The molecular weight excluding hydrogens is 392 g/mol. The molecule has 3 aliphatic rings. The van der Waals surface area contributed by atoms with Crippen molar-refractivity contribution in [1.29, 1.82) is 0 Å². The summed E-state index contributed by atoms with van der Waals surface area (Å²) < 4.78 is 5.49. The van der Waals surface area contributed by atoms with E-state index in [-0.39, 0.29) is 12.1 Å². The molecule has 32 heavy (non-hydrogen) atoms. The predicted molar refractivity (Wildman–Crippen MR) is 135 cm³/mol. The van der Waals surface area contributed by atoms with Gasteiger partial charge in [0.05, 0.1) is 0 Å². The molecule has 2 nitrogen and oxygen atoms in total. The van der Waals surface area contributed by atoms with Crippen molar-refractivity contribution in [2.24, 2.45) is 35.0 Å². The van der Waals surface area contributed by atoms with Gasteiger partial charge in [0.2, 0.25) is 0 Å². The third-order valence-corrected chi connectivity index (χ3v) is 8.94. The first-order valence-corrected chi connectivity index (χ1v) is 13.0. The first-order valence-electron chi connectivity index (χ1n) is 13.0. The highest BCUT2D eigenvalue weighted by molar-refractivity contribution is 5.66. The number of carbonyl (C=O) groups excluding carboxylic acids is 1. The molecule has 0 aliphatic heterocycles. The Hall–Kier alpha value is -1.57. The van der Waals surface area contributed by atoms with E-state index in [0.717, 1.165) is 25.2 Å². The minimum absolute atomic E-state index is 0.0102. The Labute approximate surface area is 197 Å². The molecule has 0 saturated heterocycles. The molecule has 3 aliphatic carbocycles. The van der Waals surface area contributed by atoms with Crippen molar-refractivity contribution in [2.45, 2.75) is 99.0 Å². The van der Waals surface area contributed by atoms with Gasteiger partial charge in [-0.15, -0.1) is 0 Å². The molecule has 0 amide bonds. The Kier molecular flexibility index (Phi) is 8.28. The Morgan fingerprint density at radius 1 is 1.09 bits per heavy atom. The van der Waals surface area contributed by atoms with Crippen LogP contribution >= 0.6 is 0 Å². The molecular formula is C30H46O2. The molecule has 178 valence electrons. The molecule has 0 spiro atoms. The zero-order chi connectivity index (χ0) is 23.5. The molecule has 0 aromatic carbocycles. The molecule has 0 radical (unpaired) electrons. The van der Waals surface area contributed by atoms with Gasteiger partial charge in [0, 0.05) is 13.3 Å². The van der Waals surface area contributed by atoms with E-state index < -0.39 is 0 Å². The van der Waals surface area contributed by atoms with Gasteiger partial charge in [-0.3, -0.25) is 4.79 Å². The summed E-state index contributed by atoms with van der Waals surface area (Å²) in [6, 6.07) is 0. The Morgan fingerprint density at radius 3 is 2.53 bits per heavy atom. The average molecular weight is 439 g/mol. The lowest BCUT2D eigenvalue weighted by Gasteiger charge is -2.44. The molecule has 0 N–H and O–H groups in total. The van der Waals surface area contributed by atoms with Crippen molar-refractivity contribution in [3.63, 3.8) is 0 Å². The summed E-state index contributed by atoms with van der Waals surface area (Å²) in [5, 5.41) is 0. The Bertz CT molecular complexity index is 783. The summed E-state index contributed by atoms with van der Waals surface area (Å²) in [7, 11) is 0. The van der Waals surface area contributed by atoms with Crippen LogP contribution in [0.4, 0.5) is 0 Å². The smallest absolute Gasteiger partial charge is 0.302 e. The predicted octanol–water partition coefficient (Wildman–Crippen LogP) is 8.21. The quantitative estimate of drug-likeness (QED) is 0.308. The monoisotopic (exact) mass is 438 g/mol. The molecule has 0 heterocycles. The van der Waals surface area contributed by atoms with Crippen LogP contribution in [-0.4, -0.2) is 12.1 Å². The van der Waals surface area contributed by atoms with Crippen molar-refractivity contribution in [2.75, 3.05) is 0 Å². The van der Waals surface area contributed by atoms with Crippen molar-refractivity contribution in [3.05, 3.63) is 47.6 Å². The lowest BCUT2D eigenvalue weighted by atomic mass is 9.61. The molecule has 3 rings (SSSR count). The van der Waals surface area contributed by atoms with E-state index in [2.05, 4.69) is 65.5 Å². The SMILES string of the molecule is C=C1CC[C@H](OC(C)=O)CC1=CC=C1CCC[C@@]2(C)C1CC[C@@H]2[C@H](C)C=C[C@H](C)C(C)C. The topological polar surface area (TPSA) is 26.3 Å². The second kappa shape index (κ2) is 10.6. The lowest BCUT2D eigenvalue weighted by molar-refractivity contribution is -0.146. The number of fused-ring (bicyclic) bond motifs is 1. The van der Waals surface area contributed by atoms with Gasteiger partial charge in [0.1, 0.15) is 6.10 Å². The largest absolute Gasteiger partial charge is 0.462 e. The maximum atomic E-state index is 11.4. The zero-order valence-corrected chi connectivity index (χ0v) is 21.5. The van der Waals surface area contributed by atoms with E-state index in [1.54, 1.807) is 5.57 Å². The lowest BCUT2D eigenvalue weighted by Crippen LogP contribution is -2.35. The molecule has 0 aromatic rings. The maximum absolute atomic E-state index is 11.4. The zero-order valence-electron chi connectivity index (χ0n) is 21.5.